The normalized spacial score (nSPS) is 24.0. The van der Waals surface area contributed by atoms with E-state index in [2.05, 4.69) is 20.4 Å². The summed E-state index contributed by atoms with van der Waals surface area (Å²) in [7, 11) is 0. The number of halogens is 1. The molecule has 0 spiro atoms. The maximum atomic E-state index is 13.2. The molecule has 3 atom stereocenters. The molecular weight excluding hydrogens is 361 g/mol. The van der Waals surface area contributed by atoms with Gasteiger partial charge in [-0.2, -0.15) is 4.98 Å². The third-order valence-electron chi connectivity index (χ3n) is 5.17. The van der Waals surface area contributed by atoms with E-state index >= 15 is 0 Å². The minimum Gasteiger partial charge on any atom is -0.339 e. The number of nitrogens with one attached hydrogen (secondary N) is 1. The average molecular weight is 379 g/mol. The van der Waals surface area contributed by atoms with Crippen molar-refractivity contribution in [2.24, 2.45) is 5.92 Å². The molecule has 3 aromatic rings. The molecule has 1 fully saturated rings. The lowest BCUT2D eigenvalue weighted by Crippen LogP contribution is -2.28. The van der Waals surface area contributed by atoms with Gasteiger partial charge in [0.05, 0.1) is 12.1 Å². The van der Waals surface area contributed by atoms with Crippen molar-refractivity contribution in [2.75, 3.05) is 0 Å². The van der Waals surface area contributed by atoms with Gasteiger partial charge in [0.25, 0.3) is 5.91 Å². The van der Waals surface area contributed by atoms with Gasteiger partial charge in [0.1, 0.15) is 17.5 Å². The van der Waals surface area contributed by atoms with Crippen molar-refractivity contribution in [2.45, 2.75) is 31.9 Å². The Labute approximate surface area is 160 Å². The molecule has 7 nitrogen and oxygen atoms in total. The zero-order valence-electron chi connectivity index (χ0n) is 15.2. The number of fused-ring (bicyclic) bond motifs is 1. The molecule has 142 valence electrons. The van der Waals surface area contributed by atoms with Gasteiger partial charge in [-0.3, -0.25) is 9.20 Å². The lowest BCUT2D eigenvalue weighted by Gasteiger charge is -2.20. The van der Waals surface area contributed by atoms with Crippen LogP contribution < -0.4 is 5.32 Å². The topological polar surface area (TPSA) is 85.3 Å². The lowest BCUT2D eigenvalue weighted by atomic mass is 9.94. The van der Waals surface area contributed by atoms with Gasteiger partial charge in [-0.1, -0.05) is 24.2 Å². The van der Waals surface area contributed by atoms with Gasteiger partial charge in [0.15, 0.2) is 0 Å². The van der Waals surface area contributed by atoms with E-state index in [1.807, 2.05) is 37.3 Å². The quantitative estimate of drug-likeness (QED) is 0.752. The number of amides is 1. The Bertz CT molecular complexity index is 1130. The van der Waals surface area contributed by atoms with E-state index in [9.17, 15) is 9.18 Å². The maximum absolute atomic E-state index is 13.2. The molecule has 0 saturated heterocycles. The number of hydrogen-bond donors (Lipinski definition) is 1. The first-order chi connectivity index (χ1) is 13.6. The molecule has 1 N–H and O–H groups in total. The van der Waals surface area contributed by atoms with Crippen LogP contribution in [0.25, 0.3) is 11.2 Å². The first kappa shape index (κ1) is 16.9. The van der Waals surface area contributed by atoms with E-state index in [0.29, 0.717) is 29.5 Å². The van der Waals surface area contributed by atoms with Crippen LogP contribution in [0.3, 0.4) is 0 Å². The van der Waals surface area contributed by atoms with Crippen LogP contribution in [0.5, 0.6) is 0 Å². The monoisotopic (exact) mass is 379 g/mol. The highest BCUT2D eigenvalue weighted by Crippen LogP contribution is 2.43. The van der Waals surface area contributed by atoms with Gasteiger partial charge >= 0.3 is 0 Å². The van der Waals surface area contributed by atoms with Crippen LogP contribution in [0.4, 0.5) is 4.39 Å². The van der Waals surface area contributed by atoms with Crippen molar-refractivity contribution < 1.29 is 13.7 Å². The molecule has 8 heteroatoms. The molecule has 2 aliphatic carbocycles. The van der Waals surface area contributed by atoms with Crippen LogP contribution in [-0.4, -0.2) is 31.6 Å². The second-order valence-corrected chi connectivity index (χ2v) is 7.24. The third kappa shape index (κ3) is 2.90. The van der Waals surface area contributed by atoms with E-state index in [4.69, 9.17) is 4.52 Å². The van der Waals surface area contributed by atoms with Crippen molar-refractivity contribution in [1.82, 2.24) is 24.8 Å². The van der Waals surface area contributed by atoms with Crippen LogP contribution in [-0.2, 0) is 0 Å². The largest absolute Gasteiger partial charge is 0.339 e. The molecule has 3 heterocycles. The molecule has 3 unspecified atom stereocenters. The minimum atomic E-state index is -0.885. The minimum absolute atomic E-state index is 0.136. The Morgan fingerprint density at radius 2 is 2.25 bits per heavy atom. The summed E-state index contributed by atoms with van der Waals surface area (Å²) >= 11 is 0. The predicted molar refractivity (Wildman–Crippen MR) is 99.1 cm³/mol. The van der Waals surface area contributed by atoms with Crippen molar-refractivity contribution in [1.29, 1.82) is 0 Å². The van der Waals surface area contributed by atoms with E-state index < -0.39 is 6.17 Å². The number of rotatable bonds is 4. The van der Waals surface area contributed by atoms with Crippen LogP contribution in [0.15, 0.2) is 53.0 Å². The van der Waals surface area contributed by atoms with Gasteiger partial charge in [-0.05, 0) is 37.0 Å². The highest BCUT2D eigenvalue weighted by molar-refractivity contribution is 5.94. The molecule has 0 aliphatic heterocycles. The van der Waals surface area contributed by atoms with Crippen LogP contribution in [0, 0.1) is 5.92 Å². The predicted octanol–water partition coefficient (Wildman–Crippen LogP) is 3.28. The standard InChI is InChI=1S/C20H18FN5O2/c1-11-5-6-12(18-24-20(28-25-18)13-9-14(13)21)8-15(11)23-19(27)16-10-22-17-4-2-3-7-26(16)17/h2-4,6-8,10-11,13-14H,5,9H2,1H3,(H,23,27). The highest BCUT2D eigenvalue weighted by Gasteiger charge is 2.43. The molecule has 3 aromatic heterocycles. The molecule has 1 saturated carbocycles. The number of carbonyl (C=O) groups is 1. The Balaban J connectivity index is 1.38. The fourth-order valence-corrected chi connectivity index (χ4v) is 3.33. The van der Waals surface area contributed by atoms with Crippen LogP contribution in [0.2, 0.25) is 0 Å². The van der Waals surface area contributed by atoms with Gasteiger partial charge < -0.3 is 9.84 Å². The Morgan fingerprint density at radius 1 is 1.39 bits per heavy atom. The van der Waals surface area contributed by atoms with Crippen molar-refractivity contribution >= 4 is 17.1 Å². The number of carbonyl (C=O) groups excluding carboxylic acids is 1. The Morgan fingerprint density at radius 3 is 3.07 bits per heavy atom. The second-order valence-electron chi connectivity index (χ2n) is 7.24. The third-order valence-corrected chi connectivity index (χ3v) is 5.17. The fourth-order valence-electron chi connectivity index (χ4n) is 3.33. The molecule has 1 amide bonds. The van der Waals surface area contributed by atoms with Crippen molar-refractivity contribution in [3.63, 3.8) is 0 Å². The first-order valence-corrected chi connectivity index (χ1v) is 9.23. The number of nitrogens with zero attached hydrogens (tertiary/aromatic N) is 4. The smallest absolute Gasteiger partial charge is 0.274 e. The Hall–Kier alpha value is -3.29. The molecule has 28 heavy (non-hydrogen) atoms. The summed E-state index contributed by atoms with van der Waals surface area (Å²) in [6, 6.07) is 5.57. The van der Waals surface area contributed by atoms with E-state index in [0.717, 1.165) is 17.7 Å². The SMILES string of the molecule is CC1CC=C(c2noc(C3CC3F)n2)C=C1NC(=O)c1cnc2ccccn12. The molecular formula is C20H18FN5O2. The Kier molecular flexibility index (Phi) is 3.85. The second kappa shape index (κ2) is 6.40. The number of imidazole rings is 1. The van der Waals surface area contributed by atoms with E-state index in [1.54, 1.807) is 16.8 Å². The average Bonchev–Trinajstić information content (AvgIpc) is 3.12. The number of allylic oxidation sites excluding steroid dienone is 4. The number of pyridine rings is 1. The summed E-state index contributed by atoms with van der Waals surface area (Å²) in [5, 5.41) is 6.96. The summed E-state index contributed by atoms with van der Waals surface area (Å²) < 4.78 is 20.1. The summed E-state index contributed by atoms with van der Waals surface area (Å²) in [5.74, 6) is 0.388. The molecule has 0 radical (unpaired) electrons. The summed E-state index contributed by atoms with van der Waals surface area (Å²) in [4.78, 5) is 21.4. The summed E-state index contributed by atoms with van der Waals surface area (Å²) in [6.45, 7) is 2.04. The van der Waals surface area contributed by atoms with Gasteiger partial charge in [0.2, 0.25) is 11.7 Å². The number of alkyl halides is 1. The molecule has 0 bridgehead atoms. The molecule has 2 aliphatic rings. The lowest BCUT2D eigenvalue weighted by molar-refractivity contribution is 0.0956. The van der Waals surface area contributed by atoms with Gasteiger partial charge in [-0.25, -0.2) is 9.37 Å². The zero-order valence-corrected chi connectivity index (χ0v) is 15.2. The maximum Gasteiger partial charge on any atom is 0.274 e. The van der Waals surface area contributed by atoms with Crippen molar-refractivity contribution in [3.8, 4) is 0 Å². The highest BCUT2D eigenvalue weighted by atomic mass is 19.1. The van der Waals surface area contributed by atoms with Crippen LogP contribution >= 0.6 is 0 Å². The first-order valence-electron chi connectivity index (χ1n) is 9.23. The summed E-state index contributed by atoms with van der Waals surface area (Å²) in [5.41, 5.74) is 2.71. The van der Waals surface area contributed by atoms with Crippen molar-refractivity contribution in [3.05, 3.63) is 65.9 Å². The fraction of sp³-hybridized carbons (Fsp3) is 0.300. The van der Waals surface area contributed by atoms with Gasteiger partial charge in [0, 0.05) is 17.5 Å². The van der Waals surface area contributed by atoms with E-state index in [-0.39, 0.29) is 17.7 Å². The number of hydrogen-bond acceptors (Lipinski definition) is 5. The van der Waals surface area contributed by atoms with Gasteiger partial charge in [-0.15, -0.1) is 0 Å². The number of aromatic nitrogens is 4. The summed E-state index contributed by atoms with van der Waals surface area (Å²) in [6.07, 6.45) is 7.50. The molecule has 5 rings (SSSR count). The van der Waals surface area contributed by atoms with E-state index in [1.165, 1.54) is 0 Å². The molecule has 0 aromatic carbocycles. The van der Waals surface area contributed by atoms with Crippen LogP contribution in [0.1, 0.15) is 47.9 Å². The zero-order chi connectivity index (χ0) is 19.3.